The summed E-state index contributed by atoms with van der Waals surface area (Å²) in [7, 11) is 0. The minimum Gasteiger partial charge on any atom is -0.281 e. The van der Waals surface area contributed by atoms with Crippen LogP contribution in [0.1, 0.15) is 29.4 Å². The fourth-order valence-corrected chi connectivity index (χ4v) is 3.32. The Morgan fingerprint density at radius 1 is 0.964 bits per heavy atom. The Bertz CT molecular complexity index is 1260. The van der Waals surface area contributed by atoms with Crippen LogP contribution in [-0.4, -0.2) is 9.55 Å². The SMILES string of the molecule is CCc1cc2cccc(C#Cc3ccc(C)nc3)c2c(=O)n1-c1ccccc1. The highest BCUT2D eigenvalue weighted by atomic mass is 16.1. The van der Waals surface area contributed by atoms with Crippen LogP contribution in [0.15, 0.2) is 77.7 Å². The van der Waals surface area contributed by atoms with Gasteiger partial charge in [-0.3, -0.25) is 14.3 Å². The van der Waals surface area contributed by atoms with Gasteiger partial charge in [-0.2, -0.15) is 0 Å². The van der Waals surface area contributed by atoms with Crippen LogP contribution in [0.3, 0.4) is 0 Å². The lowest BCUT2D eigenvalue weighted by atomic mass is 10.0. The van der Waals surface area contributed by atoms with E-state index in [4.69, 9.17) is 0 Å². The molecule has 2 heterocycles. The van der Waals surface area contributed by atoms with Crippen LogP contribution in [0.2, 0.25) is 0 Å². The number of pyridine rings is 2. The number of aryl methyl sites for hydroxylation is 2. The molecule has 2 aromatic heterocycles. The van der Waals surface area contributed by atoms with E-state index in [1.54, 1.807) is 10.8 Å². The van der Waals surface area contributed by atoms with Crippen molar-refractivity contribution >= 4 is 10.8 Å². The van der Waals surface area contributed by atoms with Gasteiger partial charge in [0.25, 0.3) is 5.56 Å². The van der Waals surface area contributed by atoms with Crippen molar-refractivity contribution in [2.45, 2.75) is 20.3 Å². The lowest BCUT2D eigenvalue weighted by Gasteiger charge is -2.14. The van der Waals surface area contributed by atoms with Crippen molar-refractivity contribution in [2.24, 2.45) is 0 Å². The van der Waals surface area contributed by atoms with E-state index in [9.17, 15) is 4.79 Å². The second-order valence-electron chi connectivity index (χ2n) is 6.67. The second-order valence-corrected chi connectivity index (χ2v) is 6.67. The summed E-state index contributed by atoms with van der Waals surface area (Å²) >= 11 is 0. The summed E-state index contributed by atoms with van der Waals surface area (Å²) in [6, 6.07) is 21.5. The number of aromatic nitrogens is 2. The molecular formula is C25H20N2O. The predicted octanol–water partition coefficient (Wildman–Crippen LogP) is 4.66. The first kappa shape index (κ1) is 17.8. The number of para-hydroxylation sites is 1. The summed E-state index contributed by atoms with van der Waals surface area (Å²) in [4.78, 5) is 17.7. The quantitative estimate of drug-likeness (QED) is 0.485. The van der Waals surface area contributed by atoms with Crippen LogP contribution in [0, 0.1) is 18.8 Å². The molecule has 0 aliphatic rings. The highest BCUT2D eigenvalue weighted by Crippen LogP contribution is 2.19. The van der Waals surface area contributed by atoms with Gasteiger partial charge >= 0.3 is 0 Å². The number of hydrogen-bond donors (Lipinski definition) is 0. The summed E-state index contributed by atoms with van der Waals surface area (Å²) in [5.41, 5.74) is 4.33. The van der Waals surface area contributed by atoms with Crippen LogP contribution in [0.5, 0.6) is 0 Å². The second kappa shape index (κ2) is 7.54. The monoisotopic (exact) mass is 364 g/mol. The van der Waals surface area contributed by atoms with Gasteiger partial charge in [-0.05, 0) is 55.1 Å². The molecule has 4 rings (SSSR count). The molecule has 0 atom stereocenters. The normalized spacial score (nSPS) is 10.5. The summed E-state index contributed by atoms with van der Waals surface area (Å²) in [6.07, 6.45) is 2.52. The van der Waals surface area contributed by atoms with Gasteiger partial charge in [-0.25, -0.2) is 0 Å². The van der Waals surface area contributed by atoms with Gasteiger partial charge in [0.1, 0.15) is 0 Å². The lowest BCUT2D eigenvalue weighted by molar-refractivity contribution is 0.889. The van der Waals surface area contributed by atoms with E-state index in [1.807, 2.05) is 67.6 Å². The standard InChI is InChI=1S/C25H20N2O/c1-3-22-16-21-9-7-8-20(15-14-19-13-12-18(2)26-17-19)24(21)25(28)27(22)23-10-5-4-6-11-23/h4-13,16-17H,3H2,1-2H3. The minimum atomic E-state index is -0.0347. The van der Waals surface area contributed by atoms with Gasteiger partial charge in [0.15, 0.2) is 0 Å². The highest BCUT2D eigenvalue weighted by molar-refractivity contribution is 5.88. The Hall–Kier alpha value is -3.64. The third-order valence-corrected chi connectivity index (χ3v) is 4.75. The molecule has 136 valence electrons. The maximum atomic E-state index is 13.5. The Morgan fingerprint density at radius 3 is 2.50 bits per heavy atom. The van der Waals surface area contributed by atoms with Crippen LogP contribution in [0.4, 0.5) is 0 Å². The van der Waals surface area contributed by atoms with Gasteiger partial charge in [-0.1, -0.05) is 49.1 Å². The largest absolute Gasteiger partial charge is 0.281 e. The summed E-state index contributed by atoms with van der Waals surface area (Å²) in [5, 5.41) is 1.57. The van der Waals surface area contributed by atoms with Gasteiger partial charge in [0.2, 0.25) is 0 Å². The Kier molecular flexibility index (Phi) is 4.78. The highest BCUT2D eigenvalue weighted by Gasteiger charge is 2.12. The first-order valence-electron chi connectivity index (χ1n) is 9.35. The lowest BCUT2D eigenvalue weighted by Crippen LogP contribution is -2.22. The number of rotatable bonds is 2. The molecule has 0 N–H and O–H groups in total. The molecule has 0 saturated carbocycles. The van der Waals surface area contributed by atoms with Crippen molar-refractivity contribution in [3.05, 3.63) is 106 Å². The van der Waals surface area contributed by atoms with E-state index in [-0.39, 0.29) is 5.56 Å². The molecular weight excluding hydrogens is 344 g/mol. The predicted molar refractivity (Wildman–Crippen MR) is 114 cm³/mol. The van der Waals surface area contributed by atoms with Crippen molar-refractivity contribution in [1.82, 2.24) is 9.55 Å². The molecule has 0 bridgehead atoms. The van der Waals surface area contributed by atoms with Crippen molar-refractivity contribution < 1.29 is 0 Å². The Labute approximate surface area is 164 Å². The zero-order valence-electron chi connectivity index (χ0n) is 15.9. The molecule has 0 unspecified atom stereocenters. The summed E-state index contributed by atoms with van der Waals surface area (Å²) in [6.45, 7) is 4.01. The van der Waals surface area contributed by atoms with E-state index < -0.39 is 0 Å². The average Bonchev–Trinajstić information content (AvgIpc) is 2.73. The molecule has 4 aromatic rings. The van der Waals surface area contributed by atoms with Crippen molar-refractivity contribution in [3.8, 4) is 17.5 Å². The van der Waals surface area contributed by atoms with E-state index in [2.05, 4.69) is 29.8 Å². The van der Waals surface area contributed by atoms with Gasteiger partial charge < -0.3 is 0 Å². The zero-order chi connectivity index (χ0) is 19.5. The minimum absolute atomic E-state index is 0.0347. The molecule has 3 heteroatoms. The van der Waals surface area contributed by atoms with E-state index >= 15 is 0 Å². The Balaban J connectivity index is 1.95. The molecule has 0 fully saturated rings. The van der Waals surface area contributed by atoms with Crippen LogP contribution < -0.4 is 5.56 Å². The summed E-state index contributed by atoms with van der Waals surface area (Å²) in [5.74, 6) is 6.31. The van der Waals surface area contributed by atoms with E-state index in [0.717, 1.165) is 40.0 Å². The van der Waals surface area contributed by atoms with Crippen LogP contribution in [0.25, 0.3) is 16.5 Å². The fraction of sp³-hybridized carbons (Fsp3) is 0.120. The summed E-state index contributed by atoms with van der Waals surface area (Å²) < 4.78 is 1.79. The first-order chi connectivity index (χ1) is 13.7. The molecule has 0 aliphatic heterocycles. The van der Waals surface area contributed by atoms with Crippen molar-refractivity contribution in [1.29, 1.82) is 0 Å². The smallest absolute Gasteiger partial charge is 0.264 e. The van der Waals surface area contributed by atoms with Crippen LogP contribution >= 0.6 is 0 Å². The molecule has 0 radical (unpaired) electrons. The maximum Gasteiger partial charge on any atom is 0.264 e. The third-order valence-electron chi connectivity index (χ3n) is 4.75. The van der Waals surface area contributed by atoms with Crippen molar-refractivity contribution in [2.75, 3.05) is 0 Å². The molecule has 0 aliphatic carbocycles. The molecule has 2 aromatic carbocycles. The maximum absolute atomic E-state index is 13.5. The molecule has 0 spiro atoms. The first-order valence-corrected chi connectivity index (χ1v) is 9.35. The number of benzene rings is 2. The Morgan fingerprint density at radius 2 is 1.79 bits per heavy atom. The molecule has 3 nitrogen and oxygen atoms in total. The average molecular weight is 364 g/mol. The molecule has 28 heavy (non-hydrogen) atoms. The van der Waals surface area contributed by atoms with Gasteiger partial charge in [-0.15, -0.1) is 0 Å². The number of hydrogen-bond acceptors (Lipinski definition) is 2. The van der Waals surface area contributed by atoms with E-state index in [1.165, 1.54) is 0 Å². The van der Waals surface area contributed by atoms with Crippen molar-refractivity contribution in [3.63, 3.8) is 0 Å². The van der Waals surface area contributed by atoms with Gasteiger partial charge in [0.05, 0.1) is 5.39 Å². The van der Waals surface area contributed by atoms with Gasteiger partial charge in [0, 0.05) is 34.4 Å². The zero-order valence-corrected chi connectivity index (χ0v) is 15.9. The van der Waals surface area contributed by atoms with Crippen LogP contribution in [-0.2, 0) is 6.42 Å². The molecule has 0 saturated heterocycles. The van der Waals surface area contributed by atoms with E-state index in [0.29, 0.717) is 5.39 Å². The third kappa shape index (κ3) is 3.33. The number of nitrogens with zero attached hydrogens (tertiary/aromatic N) is 2. The topological polar surface area (TPSA) is 34.9 Å². The number of fused-ring (bicyclic) bond motifs is 1. The fourth-order valence-electron chi connectivity index (χ4n) is 3.32. The molecule has 0 amide bonds.